The summed E-state index contributed by atoms with van der Waals surface area (Å²) in [5.74, 6) is 4.25. The van der Waals surface area contributed by atoms with Crippen LogP contribution in [0, 0.1) is 29.0 Å². The second-order valence-corrected chi connectivity index (χ2v) is 3.84. The molecule has 0 aliphatic carbocycles. The molecular weight excluding hydrogens is 245 g/mol. The van der Waals surface area contributed by atoms with Crippen LogP contribution in [0.15, 0.2) is 18.2 Å². The van der Waals surface area contributed by atoms with E-state index in [0.717, 1.165) is 6.07 Å². The van der Waals surface area contributed by atoms with Gasteiger partial charge in [0.2, 0.25) is 0 Å². The van der Waals surface area contributed by atoms with Crippen molar-refractivity contribution in [2.75, 3.05) is 20.1 Å². The van der Waals surface area contributed by atoms with Crippen molar-refractivity contribution in [3.63, 3.8) is 0 Å². The van der Waals surface area contributed by atoms with Crippen molar-refractivity contribution >= 4 is 5.91 Å². The van der Waals surface area contributed by atoms with Crippen molar-refractivity contribution < 1.29 is 9.18 Å². The molecule has 0 saturated carbocycles. The SMILES string of the molecule is CN(CCC#N)C(=O)c1ccc(C#CCN)c(F)c1. The second-order valence-electron chi connectivity index (χ2n) is 3.84. The molecule has 5 heteroatoms. The largest absolute Gasteiger partial charge is 0.341 e. The number of halogens is 1. The van der Waals surface area contributed by atoms with Crippen molar-refractivity contribution in [3.05, 3.63) is 35.1 Å². The molecule has 0 saturated heterocycles. The lowest BCUT2D eigenvalue weighted by atomic mass is 10.1. The molecule has 0 heterocycles. The fourth-order valence-corrected chi connectivity index (χ4v) is 1.44. The number of carbonyl (C=O) groups excluding carboxylic acids is 1. The smallest absolute Gasteiger partial charge is 0.253 e. The average Bonchev–Trinajstić information content (AvgIpc) is 2.42. The van der Waals surface area contributed by atoms with Gasteiger partial charge < -0.3 is 10.6 Å². The number of nitriles is 1. The Hall–Kier alpha value is -2.37. The molecule has 98 valence electrons. The van der Waals surface area contributed by atoms with E-state index in [-0.39, 0.29) is 30.0 Å². The summed E-state index contributed by atoms with van der Waals surface area (Å²) < 4.78 is 13.7. The molecule has 0 aromatic heterocycles. The Kier molecular flexibility index (Phi) is 5.53. The molecule has 19 heavy (non-hydrogen) atoms. The molecule has 0 aliphatic heterocycles. The van der Waals surface area contributed by atoms with Crippen LogP contribution in [0.3, 0.4) is 0 Å². The molecule has 0 radical (unpaired) electrons. The van der Waals surface area contributed by atoms with Crippen molar-refractivity contribution in [2.24, 2.45) is 5.73 Å². The maximum atomic E-state index is 13.7. The first-order valence-corrected chi connectivity index (χ1v) is 5.71. The fraction of sp³-hybridized carbons (Fsp3) is 0.286. The van der Waals surface area contributed by atoms with E-state index in [2.05, 4.69) is 11.8 Å². The van der Waals surface area contributed by atoms with Crippen LogP contribution in [0.5, 0.6) is 0 Å². The number of hydrogen-bond acceptors (Lipinski definition) is 3. The van der Waals surface area contributed by atoms with E-state index in [9.17, 15) is 9.18 Å². The number of hydrogen-bond donors (Lipinski definition) is 1. The van der Waals surface area contributed by atoms with Gasteiger partial charge >= 0.3 is 0 Å². The minimum Gasteiger partial charge on any atom is -0.341 e. The fourth-order valence-electron chi connectivity index (χ4n) is 1.44. The molecule has 0 fully saturated rings. The van der Waals surface area contributed by atoms with Gasteiger partial charge in [0, 0.05) is 19.2 Å². The third kappa shape index (κ3) is 4.09. The molecule has 2 N–H and O–H groups in total. The molecule has 0 bridgehead atoms. The normalized spacial score (nSPS) is 9.16. The third-order valence-corrected chi connectivity index (χ3v) is 2.45. The summed E-state index contributed by atoms with van der Waals surface area (Å²) in [4.78, 5) is 13.3. The molecule has 0 spiro atoms. The monoisotopic (exact) mass is 259 g/mol. The molecule has 0 aliphatic rings. The Morgan fingerprint density at radius 1 is 1.53 bits per heavy atom. The Balaban J connectivity index is 2.89. The summed E-state index contributed by atoms with van der Waals surface area (Å²) in [6.45, 7) is 0.461. The van der Waals surface area contributed by atoms with E-state index in [4.69, 9.17) is 11.0 Å². The van der Waals surface area contributed by atoms with Gasteiger partial charge in [-0.3, -0.25) is 4.79 Å². The Morgan fingerprint density at radius 3 is 2.84 bits per heavy atom. The van der Waals surface area contributed by atoms with E-state index >= 15 is 0 Å². The maximum absolute atomic E-state index is 13.7. The van der Waals surface area contributed by atoms with Gasteiger partial charge in [0.05, 0.1) is 24.6 Å². The zero-order valence-electron chi connectivity index (χ0n) is 10.6. The van der Waals surface area contributed by atoms with Crippen molar-refractivity contribution in [1.82, 2.24) is 4.90 Å². The van der Waals surface area contributed by atoms with E-state index in [0.29, 0.717) is 6.54 Å². The van der Waals surface area contributed by atoms with Crippen LogP contribution in [0.2, 0.25) is 0 Å². The Morgan fingerprint density at radius 2 is 2.26 bits per heavy atom. The number of benzene rings is 1. The van der Waals surface area contributed by atoms with Crippen LogP contribution in [0.25, 0.3) is 0 Å². The number of nitrogens with zero attached hydrogens (tertiary/aromatic N) is 2. The lowest BCUT2D eigenvalue weighted by Crippen LogP contribution is -2.27. The van der Waals surface area contributed by atoms with Crippen LogP contribution in [-0.4, -0.2) is 30.9 Å². The highest BCUT2D eigenvalue weighted by Gasteiger charge is 2.13. The van der Waals surface area contributed by atoms with Crippen molar-refractivity contribution in [1.29, 1.82) is 5.26 Å². The molecule has 1 amide bonds. The summed E-state index contributed by atoms with van der Waals surface area (Å²) in [7, 11) is 1.57. The van der Waals surface area contributed by atoms with Crippen LogP contribution in [0.1, 0.15) is 22.3 Å². The van der Waals surface area contributed by atoms with Gasteiger partial charge in [0.25, 0.3) is 5.91 Å². The quantitative estimate of drug-likeness (QED) is 0.827. The first-order valence-electron chi connectivity index (χ1n) is 5.71. The lowest BCUT2D eigenvalue weighted by molar-refractivity contribution is 0.0797. The Bertz CT molecular complexity index is 566. The lowest BCUT2D eigenvalue weighted by Gasteiger charge is -2.15. The van der Waals surface area contributed by atoms with E-state index in [1.807, 2.05) is 6.07 Å². The summed E-state index contributed by atoms with van der Waals surface area (Å²) in [5.41, 5.74) is 5.65. The zero-order chi connectivity index (χ0) is 14.3. The third-order valence-electron chi connectivity index (χ3n) is 2.45. The van der Waals surface area contributed by atoms with Crippen LogP contribution >= 0.6 is 0 Å². The second kappa shape index (κ2) is 7.15. The highest BCUT2D eigenvalue weighted by molar-refractivity contribution is 5.94. The predicted molar refractivity (Wildman–Crippen MR) is 69.5 cm³/mol. The van der Waals surface area contributed by atoms with Gasteiger partial charge in [-0.2, -0.15) is 5.26 Å². The van der Waals surface area contributed by atoms with Gasteiger partial charge in [-0.15, -0.1) is 0 Å². The van der Waals surface area contributed by atoms with Crippen molar-refractivity contribution in [3.8, 4) is 17.9 Å². The number of rotatable bonds is 3. The molecule has 0 atom stereocenters. The maximum Gasteiger partial charge on any atom is 0.253 e. The standard InChI is InChI=1S/C14H14FN3O/c1-18(9-3-8-17)14(19)12-6-5-11(4-2-7-16)13(15)10-12/h5-6,10H,3,7,9,16H2,1H3. The molecule has 1 aromatic rings. The minimum atomic E-state index is -0.555. The number of nitrogens with two attached hydrogens (primary N) is 1. The van der Waals surface area contributed by atoms with Crippen LogP contribution < -0.4 is 5.73 Å². The average molecular weight is 259 g/mol. The van der Waals surface area contributed by atoms with E-state index < -0.39 is 5.82 Å². The predicted octanol–water partition coefficient (Wildman–Crippen LogP) is 1.12. The zero-order valence-corrected chi connectivity index (χ0v) is 10.6. The molecular formula is C14H14FN3O. The highest BCUT2D eigenvalue weighted by Crippen LogP contribution is 2.11. The molecule has 1 rings (SSSR count). The summed E-state index contributed by atoms with van der Waals surface area (Å²) in [6.07, 6.45) is 0.241. The van der Waals surface area contributed by atoms with Crippen molar-refractivity contribution in [2.45, 2.75) is 6.42 Å². The highest BCUT2D eigenvalue weighted by atomic mass is 19.1. The number of amides is 1. The minimum absolute atomic E-state index is 0.150. The van der Waals surface area contributed by atoms with E-state index in [1.54, 1.807) is 7.05 Å². The van der Waals surface area contributed by atoms with Gasteiger partial charge in [0.1, 0.15) is 5.82 Å². The van der Waals surface area contributed by atoms with Gasteiger partial charge in [-0.1, -0.05) is 11.8 Å². The first-order chi connectivity index (χ1) is 9.10. The van der Waals surface area contributed by atoms with E-state index in [1.165, 1.54) is 17.0 Å². The summed E-state index contributed by atoms with van der Waals surface area (Å²) in [5, 5.41) is 8.46. The first kappa shape index (κ1) is 14.7. The molecule has 1 aromatic carbocycles. The number of carbonyl (C=O) groups is 1. The summed E-state index contributed by atoms with van der Waals surface area (Å²) in [6, 6.07) is 6.05. The Labute approximate surface area is 111 Å². The molecule has 0 unspecified atom stereocenters. The van der Waals surface area contributed by atoms with Crippen LogP contribution in [-0.2, 0) is 0 Å². The van der Waals surface area contributed by atoms with Gasteiger partial charge in [-0.05, 0) is 18.2 Å². The topological polar surface area (TPSA) is 70.1 Å². The summed E-state index contributed by atoms with van der Waals surface area (Å²) >= 11 is 0. The van der Waals surface area contributed by atoms with Gasteiger partial charge in [0.15, 0.2) is 0 Å². The van der Waals surface area contributed by atoms with Crippen LogP contribution in [0.4, 0.5) is 4.39 Å². The van der Waals surface area contributed by atoms with Gasteiger partial charge in [-0.25, -0.2) is 4.39 Å². The molecule has 4 nitrogen and oxygen atoms in total.